The predicted molar refractivity (Wildman–Crippen MR) is 77.9 cm³/mol. The zero-order chi connectivity index (χ0) is 14.5. The normalized spacial score (nSPS) is 22.8. The molecule has 1 amide bonds. The molecule has 0 heterocycles. The Balaban J connectivity index is 1.85. The molecule has 1 saturated carbocycles. The molecule has 5 heteroatoms. The van der Waals surface area contributed by atoms with E-state index in [-0.39, 0.29) is 23.8 Å². The first-order valence-electron chi connectivity index (χ1n) is 7.07. The second-order valence-electron chi connectivity index (χ2n) is 5.49. The van der Waals surface area contributed by atoms with Crippen molar-refractivity contribution >= 4 is 11.6 Å². The summed E-state index contributed by atoms with van der Waals surface area (Å²) >= 11 is 0. The van der Waals surface area contributed by atoms with Gasteiger partial charge in [-0.2, -0.15) is 0 Å². The van der Waals surface area contributed by atoms with E-state index < -0.39 is 0 Å². The first-order valence-corrected chi connectivity index (χ1v) is 7.07. The number of amides is 1. The quantitative estimate of drug-likeness (QED) is 0.886. The van der Waals surface area contributed by atoms with E-state index in [0.717, 1.165) is 12.8 Å². The largest absolute Gasteiger partial charge is 0.326 e. The highest BCUT2D eigenvalue weighted by Crippen LogP contribution is 2.20. The number of benzene rings is 1. The number of anilines is 1. The minimum absolute atomic E-state index is 0.100. The minimum Gasteiger partial charge on any atom is -0.326 e. The molecule has 0 spiro atoms. The van der Waals surface area contributed by atoms with Gasteiger partial charge in [-0.1, -0.05) is 12.8 Å². The average Bonchev–Trinajstić information content (AvgIpc) is 2.41. The van der Waals surface area contributed by atoms with E-state index >= 15 is 0 Å². The van der Waals surface area contributed by atoms with Crippen molar-refractivity contribution in [3.05, 3.63) is 30.1 Å². The van der Waals surface area contributed by atoms with Crippen molar-refractivity contribution in [3.8, 4) is 0 Å². The molecule has 0 aliphatic heterocycles. The zero-order valence-electron chi connectivity index (χ0n) is 11.8. The lowest BCUT2D eigenvalue weighted by Crippen LogP contribution is -2.50. The number of nitrogens with two attached hydrogens (primary N) is 1. The molecule has 0 bridgehead atoms. The third-order valence-electron chi connectivity index (χ3n) is 3.87. The fraction of sp³-hybridized carbons (Fsp3) is 0.533. The van der Waals surface area contributed by atoms with Crippen LogP contribution in [0.1, 0.15) is 25.7 Å². The molecule has 0 radical (unpaired) electrons. The smallest absolute Gasteiger partial charge is 0.238 e. The van der Waals surface area contributed by atoms with Gasteiger partial charge in [0.15, 0.2) is 0 Å². The summed E-state index contributed by atoms with van der Waals surface area (Å²) in [6.45, 7) is 0.301. The lowest BCUT2D eigenvalue weighted by molar-refractivity contribution is -0.117. The van der Waals surface area contributed by atoms with Crippen molar-refractivity contribution in [1.29, 1.82) is 0 Å². The van der Waals surface area contributed by atoms with E-state index in [9.17, 15) is 9.18 Å². The molecule has 4 nitrogen and oxygen atoms in total. The highest BCUT2D eigenvalue weighted by atomic mass is 19.1. The lowest BCUT2D eigenvalue weighted by Gasteiger charge is -2.35. The monoisotopic (exact) mass is 279 g/mol. The van der Waals surface area contributed by atoms with E-state index in [1.165, 1.54) is 25.0 Å². The van der Waals surface area contributed by atoms with Crippen molar-refractivity contribution in [2.45, 2.75) is 37.8 Å². The number of nitrogens with one attached hydrogen (secondary N) is 1. The minimum atomic E-state index is -0.312. The second kappa shape index (κ2) is 6.81. The van der Waals surface area contributed by atoms with Gasteiger partial charge in [-0.15, -0.1) is 0 Å². The summed E-state index contributed by atoms with van der Waals surface area (Å²) < 4.78 is 12.8. The molecule has 0 aromatic heterocycles. The Labute approximate surface area is 119 Å². The first-order chi connectivity index (χ1) is 9.56. The fourth-order valence-electron chi connectivity index (χ4n) is 2.76. The molecule has 1 aromatic rings. The maximum absolute atomic E-state index is 12.8. The third kappa shape index (κ3) is 4.02. The number of halogens is 1. The predicted octanol–water partition coefficient (Wildman–Crippen LogP) is 1.97. The third-order valence-corrected chi connectivity index (χ3v) is 3.87. The summed E-state index contributed by atoms with van der Waals surface area (Å²) in [5, 5.41) is 2.77. The van der Waals surface area contributed by atoms with Crippen LogP contribution >= 0.6 is 0 Å². The van der Waals surface area contributed by atoms with Crippen LogP contribution in [0, 0.1) is 5.82 Å². The highest BCUT2D eigenvalue weighted by Gasteiger charge is 2.26. The van der Waals surface area contributed by atoms with Crippen LogP contribution in [0.25, 0.3) is 0 Å². The van der Waals surface area contributed by atoms with Gasteiger partial charge in [-0.3, -0.25) is 9.69 Å². The van der Waals surface area contributed by atoms with Gasteiger partial charge in [-0.05, 0) is 44.2 Å². The van der Waals surface area contributed by atoms with Crippen LogP contribution < -0.4 is 11.1 Å². The zero-order valence-corrected chi connectivity index (χ0v) is 11.8. The van der Waals surface area contributed by atoms with E-state index in [1.54, 1.807) is 12.1 Å². The van der Waals surface area contributed by atoms with Gasteiger partial charge in [0.05, 0.1) is 6.54 Å². The Morgan fingerprint density at radius 3 is 2.65 bits per heavy atom. The highest BCUT2D eigenvalue weighted by molar-refractivity contribution is 5.92. The van der Waals surface area contributed by atoms with E-state index in [1.807, 2.05) is 11.9 Å². The molecule has 1 aromatic carbocycles. The maximum atomic E-state index is 12.8. The van der Waals surface area contributed by atoms with Crippen LogP contribution in [0.15, 0.2) is 24.3 Å². The van der Waals surface area contributed by atoms with Gasteiger partial charge in [0.2, 0.25) is 5.91 Å². The Morgan fingerprint density at radius 1 is 1.35 bits per heavy atom. The first kappa shape index (κ1) is 14.9. The average molecular weight is 279 g/mol. The number of likely N-dealkylation sites (N-methyl/N-ethyl adjacent to an activating group) is 1. The standard InChI is InChI=1S/C15H22FN3O/c1-19(14-5-3-2-4-13(14)17)10-15(20)18-12-8-6-11(16)7-9-12/h6-9,13-14H,2-5,10,17H2,1H3,(H,18,20). The van der Waals surface area contributed by atoms with Crippen LogP contribution in [0.2, 0.25) is 0 Å². The molecular weight excluding hydrogens is 257 g/mol. The summed E-state index contributed by atoms with van der Waals surface area (Å²) in [5.41, 5.74) is 6.72. The number of rotatable bonds is 4. The van der Waals surface area contributed by atoms with Crippen LogP contribution in [-0.2, 0) is 4.79 Å². The molecule has 1 aliphatic carbocycles. The molecule has 2 unspecified atom stereocenters. The number of hydrogen-bond donors (Lipinski definition) is 2. The fourth-order valence-corrected chi connectivity index (χ4v) is 2.76. The van der Waals surface area contributed by atoms with Gasteiger partial charge < -0.3 is 11.1 Å². The Hall–Kier alpha value is -1.46. The van der Waals surface area contributed by atoms with Crippen molar-refractivity contribution in [2.24, 2.45) is 5.73 Å². The van der Waals surface area contributed by atoms with Gasteiger partial charge in [0.25, 0.3) is 0 Å². The Kier molecular flexibility index (Phi) is 5.09. The molecule has 1 fully saturated rings. The molecule has 110 valence electrons. The molecule has 2 atom stereocenters. The number of carbonyl (C=O) groups is 1. The molecular formula is C15H22FN3O. The lowest BCUT2D eigenvalue weighted by atomic mass is 9.90. The molecule has 3 N–H and O–H groups in total. The molecule has 0 saturated heterocycles. The van der Waals surface area contributed by atoms with Crippen molar-refractivity contribution in [3.63, 3.8) is 0 Å². The summed E-state index contributed by atoms with van der Waals surface area (Å²) in [7, 11) is 1.93. The number of hydrogen-bond acceptors (Lipinski definition) is 3. The second-order valence-corrected chi connectivity index (χ2v) is 5.49. The van der Waals surface area contributed by atoms with Crippen LogP contribution in [-0.4, -0.2) is 36.5 Å². The van der Waals surface area contributed by atoms with Gasteiger partial charge in [0, 0.05) is 17.8 Å². The van der Waals surface area contributed by atoms with Crippen molar-refractivity contribution in [1.82, 2.24) is 4.90 Å². The topological polar surface area (TPSA) is 58.4 Å². The SMILES string of the molecule is CN(CC(=O)Nc1ccc(F)cc1)C1CCCCC1N. The van der Waals surface area contributed by atoms with Crippen LogP contribution in [0.4, 0.5) is 10.1 Å². The summed E-state index contributed by atoms with van der Waals surface area (Å²) in [5.74, 6) is -0.412. The number of carbonyl (C=O) groups excluding carboxylic acids is 1. The van der Waals surface area contributed by atoms with E-state index in [4.69, 9.17) is 5.73 Å². The van der Waals surface area contributed by atoms with Crippen molar-refractivity contribution < 1.29 is 9.18 Å². The maximum Gasteiger partial charge on any atom is 0.238 e. The number of nitrogens with zero attached hydrogens (tertiary/aromatic N) is 1. The molecule has 1 aliphatic rings. The van der Waals surface area contributed by atoms with Crippen molar-refractivity contribution in [2.75, 3.05) is 18.9 Å². The van der Waals surface area contributed by atoms with Crippen LogP contribution in [0.3, 0.4) is 0 Å². The Bertz CT molecular complexity index is 449. The Morgan fingerprint density at radius 2 is 2.00 bits per heavy atom. The van der Waals surface area contributed by atoms with E-state index in [2.05, 4.69) is 5.32 Å². The van der Waals surface area contributed by atoms with Gasteiger partial charge >= 0.3 is 0 Å². The molecule has 20 heavy (non-hydrogen) atoms. The van der Waals surface area contributed by atoms with E-state index in [0.29, 0.717) is 12.2 Å². The van der Waals surface area contributed by atoms with Gasteiger partial charge in [-0.25, -0.2) is 4.39 Å². The molecule has 2 rings (SSSR count). The summed E-state index contributed by atoms with van der Waals surface area (Å²) in [6.07, 6.45) is 4.41. The van der Waals surface area contributed by atoms with Gasteiger partial charge in [0.1, 0.15) is 5.82 Å². The summed E-state index contributed by atoms with van der Waals surface area (Å²) in [4.78, 5) is 14.0. The van der Waals surface area contributed by atoms with Crippen LogP contribution in [0.5, 0.6) is 0 Å². The summed E-state index contributed by atoms with van der Waals surface area (Å²) in [6, 6.07) is 6.18.